The molecule has 0 bridgehead atoms. The number of nitrogens with zero attached hydrogens (tertiary/aromatic N) is 3. The van der Waals surface area contributed by atoms with E-state index in [1.165, 1.54) is 0 Å². The molecule has 1 aromatic rings. The van der Waals surface area contributed by atoms with Gasteiger partial charge < -0.3 is 20.3 Å². The predicted octanol–water partition coefficient (Wildman–Crippen LogP) is 1.67. The van der Waals surface area contributed by atoms with Crippen LogP contribution in [0, 0.1) is 6.92 Å². The molecule has 24 heavy (non-hydrogen) atoms. The number of carbonyl (C=O) groups excluding carboxylic acids is 1. The topological polar surface area (TPSA) is 78.9 Å². The second kappa shape index (κ2) is 7.51. The Morgan fingerprint density at radius 3 is 2.71 bits per heavy atom. The van der Waals surface area contributed by atoms with Crippen molar-refractivity contribution in [1.82, 2.24) is 20.5 Å². The van der Waals surface area contributed by atoms with Gasteiger partial charge in [0, 0.05) is 25.8 Å². The van der Waals surface area contributed by atoms with Crippen LogP contribution in [-0.4, -0.2) is 53.7 Å². The molecular formula is C17H27N5O2. The van der Waals surface area contributed by atoms with E-state index in [1.54, 1.807) is 11.9 Å². The SMILES string of the molecule is CN=C(NCc1cccc(C)n1)NC1CN(C(=O)OC(C)(C)C)C1. The van der Waals surface area contributed by atoms with Crippen LogP contribution < -0.4 is 10.6 Å². The molecule has 1 saturated heterocycles. The van der Waals surface area contributed by atoms with E-state index in [-0.39, 0.29) is 12.1 Å². The van der Waals surface area contributed by atoms with Crippen LogP contribution >= 0.6 is 0 Å². The van der Waals surface area contributed by atoms with E-state index in [9.17, 15) is 4.79 Å². The van der Waals surface area contributed by atoms with Gasteiger partial charge in [-0.15, -0.1) is 0 Å². The van der Waals surface area contributed by atoms with Gasteiger partial charge in [0.1, 0.15) is 5.60 Å². The summed E-state index contributed by atoms with van der Waals surface area (Å²) in [4.78, 5) is 22.2. The molecule has 0 spiro atoms. The lowest BCUT2D eigenvalue weighted by Gasteiger charge is -2.40. The van der Waals surface area contributed by atoms with E-state index < -0.39 is 5.60 Å². The molecule has 2 rings (SSSR count). The van der Waals surface area contributed by atoms with Crippen LogP contribution in [0.25, 0.3) is 0 Å². The van der Waals surface area contributed by atoms with Crippen LogP contribution in [0.5, 0.6) is 0 Å². The van der Waals surface area contributed by atoms with Crippen molar-refractivity contribution in [2.45, 2.75) is 45.9 Å². The number of aromatic nitrogens is 1. The Bertz CT molecular complexity index is 603. The van der Waals surface area contributed by atoms with Crippen molar-refractivity contribution in [2.24, 2.45) is 4.99 Å². The molecule has 1 aliphatic heterocycles. The Labute approximate surface area is 143 Å². The van der Waals surface area contributed by atoms with Gasteiger partial charge in [0.15, 0.2) is 5.96 Å². The van der Waals surface area contributed by atoms with Crippen LogP contribution in [0.1, 0.15) is 32.2 Å². The first-order chi connectivity index (χ1) is 11.3. The minimum absolute atomic E-state index is 0.175. The zero-order valence-corrected chi connectivity index (χ0v) is 15.1. The van der Waals surface area contributed by atoms with Crippen LogP contribution in [-0.2, 0) is 11.3 Å². The van der Waals surface area contributed by atoms with Crippen molar-refractivity contribution in [3.63, 3.8) is 0 Å². The lowest BCUT2D eigenvalue weighted by atomic mass is 10.1. The number of hydrogen-bond donors (Lipinski definition) is 2. The fourth-order valence-corrected chi connectivity index (χ4v) is 2.31. The Morgan fingerprint density at radius 1 is 1.42 bits per heavy atom. The highest BCUT2D eigenvalue weighted by Crippen LogP contribution is 2.15. The van der Waals surface area contributed by atoms with E-state index in [0.29, 0.717) is 25.6 Å². The van der Waals surface area contributed by atoms with Gasteiger partial charge in [-0.2, -0.15) is 0 Å². The van der Waals surface area contributed by atoms with Gasteiger partial charge in [-0.25, -0.2) is 4.79 Å². The summed E-state index contributed by atoms with van der Waals surface area (Å²) < 4.78 is 5.34. The third-order valence-corrected chi connectivity index (χ3v) is 3.48. The lowest BCUT2D eigenvalue weighted by Crippen LogP contribution is -2.63. The van der Waals surface area contributed by atoms with Crippen molar-refractivity contribution in [3.8, 4) is 0 Å². The zero-order valence-electron chi connectivity index (χ0n) is 15.1. The van der Waals surface area contributed by atoms with Crippen molar-refractivity contribution < 1.29 is 9.53 Å². The van der Waals surface area contributed by atoms with Gasteiger partial charge in [0.2, 0.25) is 0 Å². The van der Waals surface area contributed by atoms with E-state index in [0.717, 1.165) is 11.4 Å². The second-order valence-electron chi connectivity index (χ2n) is 6.92. The number of aliphatic imine (C=N–C) groups is 1. The molecule has 7 nitrogen and oxygen atoms in total. The maximum Gasteiger partial charge on any atom is 0.410 e. The number of nitrogens with one attached hydrogen (secondary N) is 2. The molecule has 1 aliphatic rings. The minimum Gasteiger partial charge on any atom is -0.444 e. The van der Waals surface area contributed by atoms with Gasteiger partial charge in [-0.05, 0) is 39.8 Å². The smallest absolute Gasteiger partial charge is 0.410 e. The number of guanidine groups is 1. The molecule has 0 unspecified atom stereocenters. The van der Waals surface area contributed by atoms with Gasteiger partial charge in [0.25, 0.3) is 0 Å². The number of carbonyl (C=O) groups is 1. The monoisotopic (exact) mass is 333 g/mol. The Kier molecular flexibility index (Phi) is 5.64. The highest BCUT2D eigenvalue weighted by molar-refractivity contribution is 5.80. The largest absolute Gasteiger partial charge is 0.444 e. The average Bonchev–Trinajstić information content (AvgIpc) is 2.43. The first-order valence-corrected chi connectivity index (χ1v) is 8.14. The second-order valence-corrected chi connectivity index (χ2v) is 6.92. The highest BCUT2D eigenvalue weighted by Gasteiger charge is 2.34. The summed E-state index contributed by atoms with van der Waals surface area (Å²) in [7, 11) is 1.73. The van der Waals surface area contributed by atoms with Crippen molar-refractivity contribution in [1.29, 1.82) is 0 Å². The van der Waals surface area contributed by atoms with E-state index in [2.05, 4.69) is 20.6 Å². The molecule has 0 radical (unpaired) electrons. The number of ether oxygens (including phenoxy) is 1. The third-order valence-electron chi connectivity index (χ3n) is 3.48. The summed E-state index contributed by atoms with van der Waals surface area (Å²) in [5.74, 6) is 0.701. The third kappa shape index (κ3) is 5.40. The van der Waals surface area contributed by atoms with Crippen LogP contribution in [0.2, 0.25) is 0 Å². The quantitative estimate of drug-likeness (QED) is 0.650. The molecule has 7 heteroatoms. The zero-order chi connectivity index (χ0) is 17.7. The molecule has 1 fully saturated rings. The molecule has 2 heterocycles. The molecule has 1 amide bonds. The Morgan fingerprint density at radius 2 is 2.12 bits per heavy atom. The molecule has 0 atom stereocenters. The van der Waals surface area contributed by atoms with Crippen molar-refractivity contribution >= 4 is 12.1 Å². The van der Waals surface area contributed by atoms with E-state index >= 15 is 0 Å². The molecule has 1 aromatic heterocycles. The van der Waals surface area contributed by atoms with Gasteiger partial charge >= 0.3 is 6.09 Å². The van der Waals surface area contributed by atoms with Crippen molar-refractivity contribution in [2.75, 3.05) is 20.1 Å². The maximum absolute atomic E-state index is 11.9. The van der Waals surface area contributed by atoms with Crippen LogP contribution in [0.15, 0.2) is 23.2 Å². The number of pyridine rings is 1. The Hall–Kier alpha value is -2.31. The van der Waals surface area contributed by atoms with Gasteiger partial charge in [-0.1, -0.05) is 6.07 Å². The highest BCUT2D eigenvalue weighted by atomic mass is 16.6. The van der Waals surface area contributed by atoms with Gasteiger partial charge in [-0.3, -0.25) is 9.98 Å². The molecule has 0 saturated carbocycles. The molecular weight excluding hydrogens is 306 g/mol. The summed E-state index contributed by atoms with van der Waals surface area (Å²) in [6, 6.07) is 6.10. The standard InChI is InChI=1S/C17H27N5O2/c1-12-7-6-8-13(20-12)9-19-15(18-5)21-14-10-22(11-14)16(23)24-17(2,3)4/h6-8,14H,9-11H2,1-5H3,(H2,18,19,21). The number of hydrogen-bond acceptors (Lipinski definition) is 4. The summed E-state index contributed by atoms with van der Waals surface area (Å²) in [5.41, 5.74) is 1.49. The summed E-state index contributed by atoms with van der Waals surface area (Å²) in [5, 5.41) is 6.53. The van der Waals surface area contributed by atoms with Crippen molar-refractivity contribution in [3.05, 3.63) is 29.6 Å². The van der Waals surface area contributed by atoms with E-state index in [1.807, 2.05) is 45.9 Å². The number of aryl methyl sites for hydroxylation is 1. The van der Waals surface area contributed by atoms with Crippen LogP contribution in [0.4, 0.5) is 4.79 Å². The van der Waals surface area contributed by atoms with Crippen LogP contribution in [0.3, 0.4) is 0 Å². The minimum atomic E-state index is -0.464. The molecule has 0 aromatic carbocycles. The van der Waals surface area contributed by atoms with Gasteiger partial charge in [0.05, 0.1) is 18.3 Å². The van der Waals surface area contributed by atoms with E-state index in [4.69, 9.17) is 4.74 Å². The first kappa shape index (κ1) is 18.0. The predicted molar refractivity (Wildman–Crippen MR) is 93.9 cm³/mol. The lowest BCUT2D eigenvalue weighted by molar-refractivity contribution is 0.00701. The number of amides is 1. The molecule has 132 valence electrons. The fourth-order valence-electron chi connectivity index (χ4n) is 2.31. The normalized spacial score (nSPS) is 15.7. The summed E-state index contributed by atoms with van der Waals surface area (Å²) >= 11 is 0. The summed E-state index contributed by atoms with van der Waals surface area (Å²) in [6.45, 7) is 9.39. The first-order valence-electron chi connectivity index (χ1n) is 8.14. The summed E-state index contributed by atoms with van der Waals surface area (Å²) in [6.07, 6.45) is -0.271. The average molecular weight is 333 g/mol. The fraction of sp³-hybridized carbons (Fsp3) is 0.588. The molecule has 0 aliphatic carbocycles. The molecule has 2 N–H and O–H groups in total. The maximum atomic E-state index is 11.9. The Balaban J connectivity index is 1.74. The number of rotatable bonds is 3. The number of likely N-dealkylation sites (tertiary alicyclic amines) is 1.